The first-order valence-electron chi connectivity index (χ1n) is 2.91. The lowest BCUT2D eigenvalue weighted by molar-refractivity contribution is 0.404. The van der Waals surface area contributed by atoms with Gasteiger partial charge in [-0.15, -0.1) is 0 Å². The average Bonchev–Trinajstić information content (AvgIpc) is 1.94. The van der Waals surface area contributed by atoms with Gasteiger partial charge in [0.2, 0.25) is 0 Å². The van der Waals surface area contributed by atoms with Gasteiger partial charge in [-0.25, -0.2) is 9.37 Å². The summed E-state index contributed by atoms with van der Waals surface area (Å²) in [5.41, 5.74) is -0.230. The van der Waals surface area contributed by atoms with Crippen molar-refractivity contribution in [3.05, 3.63) is 27.0 Å². The summed E-state index contributed by atoms with van der Waals surface area (Å²) in [6, 6.07) is 1.12. The highest BCUT2D eigenvalue weighted by molar-refractivity contribution is 6.48. The van der Waals surface area contributed by atoms with E-state index < -0.39 is 4.59 Å². The van der Waals surface area contributed by atoms with Gasteiger partial charge in [0.15, 0.2) is 0 Å². The van der Waals surface area contributed by atoms with Crippen LogP contribution in [0.15, 0.2) is 6.07 Å². The zero-order valence-electron chi connectivity index (χ0n) is 5.79. The summed E-state index contributed by atoms with van der Waals surface area (Å²) in [7, 11) is 0. The zero-order chi connectivity index (χ0) is 10.2. The zero-order valence-corrected chi connectivity index (χ0v) is 9.57. The fourth-order valence-electron chi connectivity index (χ4n) is 0.644. The number of halogens is 6. The van der Waals surface area contributed by atoms with E-state index in [4.69, 9.17) is 58.0 Å². The first-order valence-corrected chi connectivity index (χ1v) is 4.80. The summed E-state index contributed by atoms with van der Waals surface area (Å²) in [4.78, 5) is 3.53. The fourth-order valence-corrected chi connectivity index (χ4v) is 1.63. The van der Waals surface area contributed by atoms with Gasteiger partial charge >= 0.3 is 0 Å². The first-order chi connectivity index (χ1) is 5.82. The second-order valence-electron chi connectivity index (χ2n) is 2.10. The van der Waals surface area contributed by atoms with Crippen molar-refractivity contribution in [2.75, 3.05) is 0 Å². The molecule has 7 heteroatoms. The number of hydrogen-bond donors (Lipinski definition) is 0. The SMILES string of the molecule is FC(Cl)(Cl)c1cc(Cl)c(Cl)nc1Cl. The number of pyridine rings is 1. The molecule has 0 amide bonds. The van der Waals surface area contributed by atoms with E-state index in [1.54, 1.807) is 0 Å². The van der Waals surface area contributed by atoms with E-state index in [2.05, 4.69) is 4.98 Å². The minimum atomic E-state index is -2.63. The normalized spacial score (nSPS) is 11.8. The van der Waals surface area contributed by atoms with Gasteiger partial charge in [0.25, 0.3) is 4.59 Å². The van der Waals surface area contributed by atoms with E-state index in [0.29, 0.717) is 0 Å². The van der Waals surface area contributed by atoms with E-state index in [-0.39, 0.29) is 20.9 Å². The molecule has 72 valence electrons. The standard InChI is InChI=1S/C6HCl5FN/c7-3-1-2(6(10,11)12)4(8)13-5(3)9/h1H. The number of nitrogens with zero attached hydrogens (tertiary/aromatic N) is 1. The summed E-state index contributed by atoms with van der Waals surface area (Å²) in [6.07, 6.45) is 0. The Kier molecular flexibility index (Phi) is 3.53. The van der Waals surface area contributed by atoms with Gasteiger partial charge in [-0.05, 0) is 6.07 Å². The molecule has 1 rings (SSSR count). The molecule has 0 atom stereocenters. The topological polar surface area (TPSA) is 12.9 Å². The Labute approximate surface area is 98.7 Å². The smallest absolute Gasteiger partial charge is 0.222 e. The maximum Gasteiger partial charge on any atom is 0.286 e. The molecule has 1 aromatic rings. The second kappa shape index (κ2) is 3.95. The Hall–Kier alpha value is 0.530. The number of aromatic nitrogens is 1. The molecule has 1 nitrogen and oxygen atoms in total. The van der Waals surface area contributed by atoms with Crippen LogP contribution in [0.2, 0.25) is 15.3 Å². The van der Waals surface area contributed by atoms with Gasteiger partial charge in [-0.1, -0.05) is 58.0 Å². The van der Waals surface area contributed by atoms with Crippen molar-refractivity contribution < 1.29 is 4.39 Å². The Balaban J connectivity index is 3.32. The Morgan fingerprint density at radius 2 is 1.69 bits per heavy atom. The van der Waals surface area contributed by atoms with E-state index in [1.807, 2.05) is 0 Å². The van der Waals surface area contributed by atoms with Gasteiger partial charge in [-0.3, -0.25) is 0 Å². The van der Waals surface area contributed by atoms with Gasteiger partial charge in [0, 0.05) is 0 Å². The maximum absolute atomic E-state index is 13.0. The Morgan fingerprint density at radius 1 is 1.15 bits per heavy atom. The third-order valence-corrected chi connectivity index (χ3v) is 2.56. The van der Waals surface area contributed by atoms with Crippen molar-refractivity contribution in [3.8, 4) is 0 Å². The molecular weight excluding hydrogens is 282 g/mol. The lowest BCUT2D eigenvalue weighted by atomic mass is 10.3. The number of hydrogen-bond acceptors (Lipinski definition) is 1. The largest absolute Gasteiger partial charge is 0.286 e. The quantitative estimate of drug-likeness (QED) is 0.542. The van der Waals surface area contributed by atoms with Crippen LogP contribution >= 0.6 is 58.0 Å². The third kappa shape index (κ3) is 2.74. The minimum Gasteiger partial charge on any atom is -0.222 e. The van der Waals surface area contributed by atoms with Crippen molar-refractivity contribution in [1.82, 2.24) is 4.98 Å². The lowest BCUT2D eigenvalue weighted by Crippen LogP contribution is -2.04. The van der Waals surface area contributed by atoms with Gasteiger partial charge in [0.05, 0.1) is 10.6 Å². The van der Waals surface area contributed by atoms with Crippen LogP contribution in [0.4, 0.5) is 4.39 Å². The number of rotatable bonds is 1. The molecule has 0 aliphatic heterocycles. The average molecular weight is 283 g/mol. The molecule has 1 aromatic heterocycles. The van der Waals surface area contributed by atoms with Crippen LogP contribution in [0.25, 0.3) is 0 Å². The summed E-state index contributed by atoms with van der Waals surface area (Å²) >= 11 is 26.9. The summed E-state index contributed by atoms with van der Waals surface area (Å²) in [6.45, 7) is 0. The van der Waals surface area contributed by atoms with Gasteiger partial charge in [0.1, 0.15) is 10.3 Å². The molecule has 0 spiro atoms. The molecule has 0 N–H and O–H groups in total. The van der Waals surface area contributed by atoms with E-state index >= 15 is 0 Å². The van der Waals surface area contributed by atoms with Crippen LogP contribution in [0.5, 0.6) is 0 Å². The molecule has 0 bridgehead atoms. The molecule has 0 saturated carbocycles. The van der Waals surface area contributed by atoms with Crippen LogP contribution in [0.1, 0.15) is 5.56 Å². The molecule has 0 saturated heterocycles. The Bertz CT molecular complexity index is 335. The molecule has 0 aromatic carbocycles. The Morgan fingerprint density at radius 3 is 2.15 bits per heavy atom. The molecule has 1 heterocycles. The summed E-state index contributed by atoms with van der Waals surface area (Å²) in [5.74, 6) is 0. The molecule has 0 aliphatic carbocycles. The second-order valence-corrected chi connectivity index (χ2v) is 4.46. The summed E-state index contributed by atoms with van der Waals surface area (Å²) < 4.78 is 10.4. The van der Waals surface area contributed by atoms with Crippen molar-refractivity contribution in [2.45, 2.75) is 4.59 Å². The molecule has 0 fully saturated rings. The van der Waals surface area contributed by atoms with Gasteiger partial charge in [-0.2, -0.15) is 0 Å². The highest BCUT2D eigenvalue weighted by Crippen LogP contribution is 2.40. The highest BCUT2D eigenvalue weighted by atomic mass is 35.5. The predicted molar refractivity (Wildman–Crippen MR) is 53.8 cm³/mol. The lowest BCUT2D eigenvalue weighted by Gasteiger charge is -2.11. The monoisotopic (exact) mass is 281 g/mol. The fraction of sp³-hybridized carbons (Fsp3) is 0.167. The molecule has 13 heavy (non-hydrogen) atoms. The number of alkyl halides is 3. The first kappa shape index (κ1) is 11.6. The van der Waals surface area contributed by atoms with Crippen LogP contribution < -0.4 is 0 Å². The summed E-state index contributed by atoms with van der Waals surface area (Å²) in [5, 5.41) is -0.223. The van der Waals surface area contributed by atoms with Crippen molar-refractivity contribution >= 4 is 58.0 Å². The predicted octanol–water partition coefficient (Wildman–Crippen LogP) is 4.60. The van der Waals surface area contributed by atoms with E-state index in [0.717, 1.165) is 6.07 Å². The maximum atomic E-state index is 13.0. The van der Waals surface area contributed by atoms with Crippen molar-refractivity contribution in [1.29, 1.82) is 0 Å². The molecule has 0 aliphatic rings. The third-order valence-electron chi connectivity index (χ3n) is 1.19. The van der Waals surface area contributed by atoms with E-state index in [9.17, 15) is 4.39 Å². The minimum absolute atomic E-state index is 0.0318. The molecular formula is C6HCl5FN. The molecule has 0 radical (unpaired) electrons. The van der Waals surface area contributed by atoms with Crippen LogP contribution in [0.3, 0.4) is 0 Å². The van der Waals surface area contributed by atoms with Crippen LogP contribution in [-0.4, -0.2) is 4.98 Å². The van der Waals surface area contributed by atoms with Crippen LogP contribution in [-0.2, 0) is 4.59 Å². The van der Waals surface area contributed by atoms with E-state index in [1.165, 1.54) is 0 Å². The van der Waals surface area contributed by atoms with Crippen molar-refractivity contribution in [2.24, 2.45) is 0 Å². The van der Waals surface area contributed by atoms with Crippen LogP contribution in [0, 0.1) is 0 Å². The molecule has 0 unspecified atom stereocenters. The van der Waals surface area contributed by atoms with Crippen molar-refractivity contribution in [3.63, 3.8) is 0 Å². The highest BCUT2D eigenvalue weighted by Gasteiger charge is 2.29. The van der Waals surface area contributed by atoms with Gasteiger partial charge < -0.3 is 0 Å².